The van der Waals surface area contributed by atoms with Gasteiger partial charge in [-0.1, -0.05) is 24.4 Å². The molecule has 3 N–H and O–H groups in total. The van der Waals surface area contributed by atoms with Gasteiger partial charge in [-0.15, -0.1) is 0 Å². The average molecular weight is 325 g/mol. The SMILES string of the molecule is NC(=S)Cc1ccc(S(=O)(=O)Nc2ccc(F)cn2)cc1. The van der Waals surface area contributed by atoms with E-state index in [1.165, 1.54) is 18.2 Å². The third-order valence-electron chi connectivity index (χ3n) is 2.58. The number of thiocarbonyl (C=S) groups is 1. The summed E-state index contributed by atoms with van der Waals surface area (Å²) >= 11 is 4.79. The van der Waals surface area contributed by atoms with E-state index in [0.29, 0.717) is 11.4 Å². The van der Waals surface area contributed by atoms with Crippen LogP contribution in [0.1, 0.15) is 5.56 Å². The number of anilines is 1. The number of hydrogen-bond acceptors (Lipinski definition) is 4. The van der Waals surface area contributed by atoms with Crippen LogP contribution in [0.25, 0.3) is 0 Å². The van der Waals surface area contributed by atoms with Crippen LogP contribution in [-0.4, -0.2) is 18.4 Å². The van der Waals surface area contributed by atoms with Crippen molar-refractivity contribution in [2.24, 2.45) is 5.73 Å². The van der Waals surface area contributed by atoms with Crippen molar-refractivity contribution in [3.8, 4) is 0 Å². The van der Waals surface area contributed by atoms with Gasteiger partial charge in [-0.3, -0.25) is 4.72 Å². The molecule has 0 unspecified atom stereocenters. The predicted molar refractivity (Wildman–Crippen MR) is 81.9 cm³/mol. The topological polar surface area (TPSA) is 85.1 Å². The summed E-state index contributed by atoms with van der Waals surface area (Å²) in [5.74, 6) is -0.497. The Morgan fingerprint density at radius 1 is 1.24 bits per heavy atom. The van der Waals surface area contributed by atoms with E-state index in [0.717, 1.165) is 17.8 Å². The molecule has 2 rings (SSSR count). The second-order valence-corrected chi connectivity index (χ2v) is 6.46. The van der Waals surface area contributed by atoms with E-state index in [4.69, 9.17) is 18.0 Å². The van der Waals surface area contributed by atoms with E-state index >= 15 is 0 Å². The number of aromatic nitrogens is 1. The Balaban J connectivity index is 2.19. The van der Waals surface area contributed by atoms with Gasteiger partial charge < -0.3 is 5.73 Å². The first-order chi connectivity index (χ1) is 9.87. The number of rotatable bonds is 5. The third-order valence-corrected chi connectivity index (χ3v) is 4.09. The molecule has 8 heteroatoms. The minimum absolute atomic E-state index is 0.0450. The van der Waals surface area contributed by atoms with E-state index in [2.05, 4.69) is 9.71 Å². The number of hydrogen-bond donors (Lipinski definition) is 2. The zero-order valence-electron chi connectivity index (χ0n) is 10.8. The minimum atomic E-state index is -3.77. The predicted octanol–water partition coefficient (Wildman–Crippen LogP) is 1.85. The Hall–Kier alpha value is -2.06. The Labute approximate surface area is 127 Å². The number of nitrogens with one attached hydrogen (secondary N) is 1. The first kappa shape index (κ1) is 15.3. The molecule has 0 amide bonds. The Morgan fingerprint density at radius 2 is 1.90 bits per heavy atom. The van der Waals surface area contributed by atoms with Crippen LogP contribution >= 0.6 is 12.2 Å². The summed E-state index contributed by atoms with van der Waals surface area (Å²) < 4.78 is 39.2. The summed E-state index contributed by atoms with van der Waals surface area (Å²) in [6, 6.07) is 8.51. The van der Waals surface area contributed by atoms with Crippen LogP contribution in [0.3, 0.4) is 0 Å². The molecule has 0 bridgehead atoms. The van der Waals surface area contributed by atoms with Crippen LogP contribution < -0.4 is 10.5 Å². The molecule has 0 radical (unpaired) electrons. The maximum absolute atomic E-state index is 12.7. The fourth-order valence-corrected chi connectivity index (χ4v) is 2.80. The van der Waals surface area contributed by atoms with Crippen LogP contribution in [-0.2, 0) is 16.4 Å². The quantitative estimate of drug-likeness (QED) is 0.820. The summed E-state index contributed by atoms with van der Waals surface area (Å²) in [5.41, 5.74) is 6.25. The lowest BCUT2D eigenvalue weighted by Crippen LogP contribution is -2.14. The normalized spacial score (nSPS) is 11.1. The molecule has 1 heterocycles. The van der Waals surface area contributed by atoms with E-state index < -0.39 is 15.8 Å². The number of nitrogens with two attached hydrogens (primary N) is 1. The molecule has 0 aliphatic rings. The summed E-state index contributed by atoms with van der Waals surface area (Å²) in [6.45, 7) is 0. The Bertz CT molecular complexity index is 744. The van der Waals surface area contributed by atoms with Gasteiger partial charge in [0.25, 0.3) is 10.0 Å². The maximum Gasteiger partial charge on any atom is 0.263 e. The van der Waals surface area contributed by atoms with Gasteiger partial charge >= 0.3 is 0 Å². The molecule has 1 aromatic heterocycles. The molecule has 1 aromatic carbocycles. The minimum Gasteiger partial charge on any atom is -0.393 e. The van der Waals surface area contributed by atoms with Crippen LogP contribution in [0, 0.1) is 5.82 Å². The highest BCUT2D eigenvalue weighted by molar-refractivity contribution is 7.92. The zero-order chi connectivity index (χ0) is 15.5. The molecule has 0 fully saturated rings. The molecular weight excluding hydrogens is 313 g/mol. The largest absolute Gasteiger partial charge is 0.393 e. The second kappa shape index (κ2) is 6.15. The van der Waals surface area contributed by atoms with Gasteiger partial charge in [0.1, 0.15) is 11.6 Å². The molecule has 0 saturated heterocycles. The number of nitrogens with zero attached hydrogens (tertiary/aromatic N) is 1. The Morgan fingerprint density at radius 3 is 2.43 bits per heavy atom. The van der Waals surface area contributed by atoms with E-state index in [9.17, 15) is 12.8 Å². The lowest BCUT2D eigenvalue weighted by molar-refractivity contribution is 0.600. The average Bonchev–Trinajstić information content (AvgIpc) is 2.41. The van der Waals surface area contributed by atoms with Gasteiger partial charge in [-0.05, 0) is 29.8 Å². The highest BCUT2D eigenvalue weighted by atomic mass is 32.2. The fourth-order valence-electron chi connectivity index (χ4n) is 1.62. The number of benzene rings is 1. The summed E-state index contributed by atoms with van der Waals surface area (Å²) in [7, 11) is -3.77. The lowest BCUT2D eigenvalue weighted by Gasteiger charge is -2.08. The van der Waals surface area contributed by atoms with Gasteiger partial charge in [0.2, 0.25) is 0 Å². The van der Waals surface area contributed by atoms with Crippen molar-refractivity contribution in [2.45, 2.75) is 11.3 Å². The van der Waals surface area contributed by atoms with Gasteiger partial charge in [-0.2, -0.15) is 0 Å². The Kier molecular flexibility index (Phi) is 4.49. The lowest BCUT2D eigenvalue weighted by atomic mass is 10.1. The van der Waals surface area contributed by atoms with Crippen molar-refractivity contribution < 1.29 is 12.8 Å². The maximum atomic E-state index is 12.7. The summed E-state index contributed by atoms with van der Waals surface area (Å²) in [4.78, 5) is 4.05. The standard InChI is InChI=1S/C13H12FN3O2S2/c14-10-3-6-13(16-8-10)17-21(18,19)11-4-1-9(2-5-11)7-12(15)20/h1-6,8H,7H2,(H2,15,20)(H,16,17). The van der Waals surface area contributed by atoms with Gasteiger partial charge in [-0.25, -0.2) is 17.8 Å². The van der Waals surface area contributed by atoms with E-state index in [-0.39, 0.29) is 10.7 Å². The van der Waals surface area contributed by atoms with Crippen LogP contribution in [0.2, 0.25) is 0 Å². The molecule has 2 aromatic rings. The van der Waals surface area contributed by atoms with Crippen molar-refractivity contribution in [2.75, 3.05) is 4.72 Å². The smallest absolute Gasteiger partial charge is 0.263 e. The molecule has 0 atom stereocenters. The monoisotopic (exact) mass is 325 g/mol. The molecule has 0 aliphatic heterocycles. The summed E-state index contributed by atoms with van der Waals surface area (Å²) in [6.07, 6.45) is 1.34. The van der Waals surface area contributed by atoms with Crippen LogP contribution in [0.15, 0.2) is 47.5 Å². The van der Waals surface area contributed by atoms with Crippen LogP contribution in [0.4, 0.5) is 10.2 Å². The van der Waals surface area contributed by atoms with Gasteiger partial charge in [0.15, 0.2) is 0 Å². The molecule has 0 aliphatic carbocycles. The highest BCUT2D eigenvalue weighted by Gasteiger charge is 2.14. The molecular formula is C13H12FN3O2S2. The summed E-state index contributed by atoms with van der Waals surface area (Å²) in [5, 5.41) is 0. The first-order valence-corrected chi connectivity index (χ1v) is 7.77. The van der Waals surface area contributed by atoms with Crippen LogP contribution in [0.5, 0.6) is 0 Å². The zero-order valence-corrected chi connectivity index (χ0v) is 12.4. The number of sulfonamides is 1. The van der Waals surface area contributed by atoms with Crippen molar-refractivity contribution in [1.29, 1.82) is 0 Å². The first-order valence-electron chi connectivity index (χ1n) is 5.88. The van der Waals surface area contributed by atoms with Crippen molar-refractivity contribution in [1.82, 2.24) is 4.98 Å². The third kappa shape index (κ3) is 4.20. The fraction of sp³-hybridized carbons (Fsp3) is 0.0769. The number of pyridine rings is 1. The van der Waals surface area contributed by atoms with Gasteiger partial charge in [0, 0.05) is 6.42 Å². The molecule has 21 heavy (non-hydrogen) atoms. The number of halogens is 1. The highest BCUT2D eigenvalue weighted by Crippen LogP contribution is 2.15. The van der Waals surface area contributed by atoms with Crippen molar-refractivity contribution in [3.63, 3.8) is 0 Å². The van der Waals surface area contributed by atoms with E-state index in [1.807, 2.05) is 0 Å². The second-order valence-electron chi connectivity index (χ2n) is 4.25. The molecule has 110 valence electrons. The molecule has 0 saturated carbocycles. The van der Waals surface area contributed by atoms with Crippen molar-refractivity contribution in [3.05, 3.63) is 54.0 Å². The van der Waals surface area contributed by atoms with Crippen molar-refractivity contribution >= 4 is 33.0 Å². The molecule has 5 nitrogen and oxygen atoms in total. The van der Waals surface area contributed by atoms with E-state index in [1.54, 1.807) is 12.1 Å². The van der Waals surface area contributed by atoms with Gasteiger partial charge in [0.05, 0.1) is 16.1 Å². The molecule has 0 spiro atoms.